The van der Waals surface area contributed by atoms with Gasteiger partial charge in [-0.1, -0.05) is 29.8 Å². The third-order valence-corrected chi connectivity index (χ3v) is 2.55. The van der Waals surface area contributed by atoms with Gasteiger partial charge in [0, 0.05) is 10.5 Å². The summed E-state index contributed by atoms with van der Waals surface area (Å²) in [6, 6.07) is 4.77. The van der Waals surface area contributed by atoms with Crippen molar-refractivity contribution in [1.82, 2.24) is 5.43 Å². The normalized spacial score (nSPS) is 13.3. The van der Waals surface area contributed by atoms with Crippen LogP contribution in [-0.4, -0.2) is 0 Å². The number of nitrogens with two attached hydrogens (primary N) is 1. The molecule has 78 valence electrons. The molecule has 1 rings (SSSR count). The number of halogens is 2. The van der Waals surface area contributed by atoms with Crippen molar-refractivity contribution < 1.29 is 4.39 Å². The second-order valence-electron chi connectivity index (χ2n) is 3.59. The minimum atomic E-state index is -0.254. The van der Waals surface area contributed by atoms with Crippen LogP contribution in [0.2, 0.25) is 0 Å². The van der Waals surface area contributed by atoms with E-state index < -0.39 is 0 Å². The number of hydrazine groups is 1. The first kappa shape index (κ1) is 11.6. The fourth-order valence-corrected chi connectivity index (χ4v) is 1.91. The monoisotopic (exact) mass is 260 g/mol. The van der Waals surface area contributed by atoms with Crippen molar-refractivity contribution in [2.24, 2.45) is 11.8 Å². The quantitative estimate of drug-likeness (QED) is 0.648. The molecule has 0 spiro atoms. The van der Waals surface area contributed by atoms with Gasteiger partial charge in [-0.3, -0.25) is 11.3 Å². The molecule has 0 aliphatic rings. The van der Waals surface area contributed by atoms with Crippen molar-refractivity contribution in [3.63, 3.8) is 0 Å². The van der Waals surface area contributed by atoms with E-state index >= 15 is 0 Å². The van der Waals surface area contributed by atoms with Gasteiger partial charge in [0.2, 0.25) is 0 Å². The third-order valence-electron chi connectivity index (χ3n) is 2.09. The third kappa shape index (κ3) is 2.77. The van der Waals surface area contributed by atoms with Crippen LogP contribution in [0.25, 0.3) is 0 Å². The Labute approximate surface area is 91.8 Å². The fourth-order valence-electron chi connectivity index (χ4n) is 1.43. The Morgan fingerprint density at radius 1 is 1.36 bits per heavy atom. The van der Waals surface area contributed by atoms with Crippen molar-refractivity contribution in [2.45, 2.75) is 19.9 Å². The zero-order chi connectivity index (χ0) is 10.7. The van der Waals surface area contributed by atoms with Gasteiger partial charge in [0.1, 0.15) is 5.82 Å². The van der Waals surface area contributed by atoms with Crippen LogP contribution in [0.3, 0.4) is 0 Å². The Hall–Kier alpha value is -0.450. The predicted octanol–water partition coefficient (Wildman–Crippen LogP) is 2.75. The molecule has 0 aromatic heterocycles. The lowest BCUT2D eigenvalue weighted by Crippen LogP contribution is -2.31. The Morgan fingerprint density at radius 3 is 2.43 bits per heavy atom. The van der Waals surface area contributed by atoms with E-state index in [4.69, 9.17) is 5.84 Å². The van der Waals surface area contributed by atoms with Crippen molar-refractivity contribution in [2.75, 3.05) is 0 Å². The molecule has 0 aliphatic carbocycles. The molecule has 1 aromatic carbocycles. The maximum absolute atomic E-state index is 13.1. The van der Waals surface area contributed by atoms with Crippen molar-refractivity contribution in [3.05, 3.63) is 34.1 Å². The van der Waals surface area contributed by atoms with E-state index in [-0.39, 0.29) is 11.9 Å². The van der Waals surface area contributed by atoms with E-state index in [0.29, 0.717) is 5.92 Å². The highest BCUT2D eigenvalue weighted by atomic mass is 79.9. The largest absolute Gasteiger partial charge is 0.271 e. The summed E-state index contributed by atoms with van der Waals surface area (Å²) in [6.07, 6.45) is 0. The molecule has 4 heteroatoms. The number of hydrogen-bond donors (Lipinski definition) is 2. The highest BCUT2D eigenvalue weighted by molar-refractivity contribution is 9.10. The molecule has 1 atom stereocenters. The van der Waals surface area contributed by atoms with E-state index in [1.807, 2.05) is 19.9 Å². The minimum Gasteiger partial charge on any atom is -0.271 e. The molecule has 0 aliphatic heterocycles. The zero-order valence-electron chi connectivity index (χ0n) is 8.22. The first-order valence-corrected chi connectivity index (χ1v) is 5.26. The highest BCUT2D eigenvalue weighted by Crippen LogP contribution is 2.24. The average Bonchev–Trinajstić information content (AvgIpc) is 2.02. The topological polar surface area (TPSA) is 38.0 Å². The lowest BCUT2D eigenvalue weighted by molar-refractivity contribution is 0.419. The van der Waals surface area contributed by atoms with Gasteiger partial charge in [0.15, 0.2) is 0 Å². The molecule has 3 N–H and O–H groups in total. The SMILES string of the molecule is CC(C)C(NN)c1cc(F)cc(Br)c1. The average molecular weight is 261 g/mol. The summed E-state index contributed by atoms with van der Waals surface area (Å²) in [5.41, 5.74) is 3.54. The van der Waals surface area contributed by atoms with Gasteiger partial charge in [0.25, 0.3) is 0 Å². The van der Waals surface area contributed by atoms with Crippen LogP contribution in [0.5, 0.6) is 0 Å². The van der Waals surface area contributed by atoms with Gasteiger partial charge < -0.3 is 0 Å². The number of benzene rings is 1. The summed E-state index contributed by atoms with van der Waals surface area (Å²) in [7, 11) is 0. The molecule has 14 heavy (non-hydrogen) atoms. The molecule has 0 fully saturated rings. The molecule has 0 amide bonds. The summed E-state index contributed by atoms with van der Waals surface area (Å²) >= 11 is 3.25. The molecule has 1 unspecified atom stereocenters. The van der Waals surface area contributed by atoms with Crippen LogP contribution < -0.4 is 11.3 Å². The molecule has 0 heterocycles. The molecular formula is C10H14BrFN2. The lowest BCUT2D eigenvalue weighted by Gasteiger charge is -2.20. The maximum atomic E-state index is 13.1. The lowest BCUT2D eigenvalue weighted by atomic mass is 9.97. The highest BCUT2D eigenvalue weighted by Gasteiger charge is 2.14. The van der Waals surface area contributed by atoms with Crippen molar-refractivity contribution in [3.8, 4) is 0 Å². The van der Waals surface area contributed by atoms with Gasteiger partial charge in [-0.15, -0.1) is 0 Å². The molecule has 1 aromatic rings. The van der Waals surface area contributed by atoms with Crippen LogP contribution in [-0.2, 0) is 0 Å². The van der Waals surface area contributed by atoms with Gasteiger partial charge in [-0.2, -0.15) is 0 Å². The van der Waals surface area contributed by atoms with Crippen LogP contribution in [0.4, 0.5) is 4.39 Å². The Morgan fingerprint density at radius 2 is 2.00 bits per heavy atom. The fraction of sp³-hybridized carbons (Fsp3) is 0.400. The van der Waals surface area contributed by atoms with Gasteiger partial charge in [-0.05, 0) is 29.7 Å². The number of hydrogen-bond acceptors (Lipinski definition) is 2. The first-order valence-electron chi connectivity index (χ1n) is 4.46. The Bertz CT molecular complexity index is 295. The van der Waals surface area contributed by atoms with Gasteiger partial charge in [-0.25, -0.2) is 4.39 Å². The molecule has 0 radical (unpaired) electrons. The van der Waals surface area contributed by atoms with E-state index in [9.17, 15) is 4.39 Å². The van der Waals surface area contributed by atoms with E-state index in [2.05, 4.69) is 21.4 Å². The molecular weight excluding hydrogens is 247 g/mol. The van der Waals surface area contributed by atoms with Crippen LogP contribution in [0, 0.1) is 11.7 Å². The van der Waals surface area contributed by atoms with E-state index in [0.717, 1.165) is 10.0 Å². The summed E-state index contributed by atoms with van der Waals surface area (Å²) in [5.74, 6) is 5.48. The number of rotatable bonds is 3. The van der Waals surface area contributed by atoms with Crippen molar-refractivity contribution in [1.29, 1.82) is 0 Å². The Balaban J connectivity index is 3.04. The van der Waals surface area contributed by atoms with Crippen LogP contribution in [0.1, 0.15) is 25.5 Å². The molecule has 0 saturated carbocycles. The zero-order valence-corrected chi connectivity index (χ0v) is 9.81. The van der Waals surface area contributed by atoms with Gasteiger partial charge in [0.05, 0.1) is 0 Å². The van der Waals surface area contributed by atoms with Crippen molar-refractivity contribution >= 4 is 15.9 Å². The van der Waals surface area contributed by atoms with E-state index in [1.54, 1.807) is 0 Å². The first-order chi connectivity index (χ1) is 6.54. The summed E-state index contributed by atoms with van der Waals surface area (Å²) < 4.78 is 13.8. The second-order valence-corrected chi connectivity index (χ2v) is 4.51. The standard InChI is InChI=1S/C10H14BrFN2/c1-6(2)10(14-13)7-3-8(11)5-9(12)4-7/h3-6,10,14H,13H2,1-2H3. The van der Waals surface area contributed by atoms with E-state index in [1.165, 1.54) is 12.1 Å². The second kappa shape index (κ2) is 4.87. The summed E-state index contributed by atoms with van der Waals surface area (Å²) in [4.78, 5) is 0. The molecule has 2 nitrogen and oxygen atoms in total. The molecule has 0 saturated heterocycles. The Kier molecular flexibility index (Phi) is 4.04. The maximum Gasteiger partial charge on any atom is 0.124 e. The predicted molar refractivity (Wildman–Crippen MR) is 59.0 cm³/mol. The van der Waals surface area contributed by atoms with Crippen LogP contribution >= 0.6 is 15.9 Å². The minimum absolute atomic E-state index is 0.0259. The van der Waals surface area contributed by atoms with Crippen LogP contribution in [0.15, 0.2) is 22.7 Å². The molecule has 0 bridgehead atoms. The summed E-state index contributed by atoms with van der Waals surface area (Å²) in [5, 5.41) is 0. The summed E-state index contributed by atoms with van der Waals surface area (Å²) in [6.45, 7) is 4.06. The smallest absolute Gasteiger partial charge is 0.124 e. The number of nitrogens with one attached hydrogen (secondary N) is 1. The van der Waals surface area contributed by atoms with Gasteiger partial charge >= 0.3 is 0 Å².